The molecule has 44 heavy (non-hydrogen) atoms. The van der Waals surface area contributed by atoms with Gasteiger partial charge < -0.3 is 9.84 Å². The van der Waals surface area contributed by atoms with E-state index in [2.05, 4.69) is 6.07 Å². The fourth-order valence-corrected chi connectivity index (χ4v) is 9.11. The van der Waals surface area contributed by atoms with Crippen LogP contribution in [0.15, 0.2) is 71.6 Å². The molecular formula is C37H47NO5S. The molecular weight excluding hydrogens is 570 g/mol. The molecule has 3 aromatic carbocycles. The van der Waals surface area contributed by atoms with Crippen LogP contribution in [0.1, 0.15) is 92.9 Å². The number of benzene rings is 3. The lowest BCUT2D eigenvalue weighted by Gasteiger charge is -2.37. The van der Waals surface area contributed by atoms with Crippen LogP contribution in [0, 0.1) is 11.8 Å². The quantitative estimate of drug-likeness (QED) is 0.235. The third-order valence-electron chi connectivity index (χ3n) is 9.50. The molecule has 0 aliphatic heterocycles. The predicted octanol–water partition coefficient (Wildman–Crippen LogP) is 6.96. The number of ether oxygens (including phenoxy) is 1. The zero-order valence-electron chi connectivity index (χ0n) is 26.5. The number of nitrogens with zero attached hydrogens (tertiary/aromatic N) is 1. The van der Waals surface area contributed by atoms with E-state index in [1.54, 1.807) is 11.2 Å². The number of fused-ring (bicyclic) bond motifs is 2. The number of aliphatic hydroxyl groups is 1. The number of carbonyl (C=O) groups is 1. The minimum absolute atomic E-state index is 0.129. The molecule has 5 rings (SSSR count). The number of aliphatic hydroxyl groups excluding tert-OH is 1. The van der Waals surface area contributed by atoms with E-state index in [0.717, 1.165) is 68.1 Å². The molecule has 0 unspecified atom stereocenters. The van der Waals surface area contributed by atoms with Gasteiger partial charge in [0.1, 0.15) is 6.10 Å². The van der Waals surface area contributed by atoms with Crippen LogP contribution >= 0.6 is 0 Å². The van der Waals surface area contributed by atoms with Crippen molar-refractivity contribution in [3.63, 3.8) is 0 Å². The molecule has 0 saturated carbocycles. The first-order valence-electron chi connectivity index (χ1n) is 16.2. The Bertz CT molecular complexity index is 1500. The molecule has 0 spiro atoms. The van der Waals surface area contributed by atoms with Crippen LogP contribution in [-0.2, 0) is 51.8 Å². The Kier molecular flexibility index (Phi) is 10.3. The maximum Gasteiger partial charge on any atom is 0.311 e. The molecule has 0 aromatic heterocycles. The molecule has 7 heteroatoms. The average molecular weight is 618 g/mol. The summed E-state index contributed by atoms with van der Waals surface area (Å²) in [6.45, 7) is 7.38. The Balaban J connectivity index is 1.63. The lowest BCUT2D eigenvalue weighted by atomic mass is 9.83. The summed E-state index contributed by atoms with van der Waals surface area (Å²) >= 11 is 0. The largest absolute Gasteiger partial charge is 0.455 e. The molecule has 0 fully saturated rings. The number of hydrogen-bond donors (Lipinski definition) is 1. The lowest BCUT2D eigenvalue weighted by molar-refractivity contribution is -0.161. The summed E-state index contributed by atoms with van der Waals surface area (Å²) in [5, 5.41) is 10.7. The molecule has 0 radical (unpaired) electrons. The first kappa shape index (κ1) is 32.4. The van der Waals surface area contributed by atoms with E-state index in [1.165, 1.54) is 11.1 Å². The van der Waals surface area contributed by atoms with Gasteiger partial charge in [0.05, 0.1) is 23.0 Å². The van der Waals surface area contributed by atoms with Crippen molar-refractivity contribution in [3.05, 3.63) is 100 Å². The van der Waals surface area contributed by atoms with Crippen molar-refractivity contribution in [3.8, 4) is 0 Å². The van der Waals surface area contributed by atoms with Gasteiger partial charge in [0.2, 0.25) is 10.0 Å². The summed E-state index contributed by atoms with van der Waals surface area (Å²) < 4.78 is 38.2. The second-order valence-electron chi connectivity index (χ2n) is 13.0. The van der Waals surface area contributed by atoms with E-state index >= 15 is 8.42 Å². The predicted molar refractivity (Wildman–Crippen MR) is 174 cm³/mol. The van der Waals surface area contributed by atoms with Crippen molar-refractivity contribution in [2.45, 2.75) is 109 Å². The highest BCUT2D eigenvalue weighted by Gasteiger charge is 2.41. The lowest BCUT2D eigenvalue weighted by Crippen LogP contribution is -2.44. The van der Waals surface area contributed by atoms with Crippen molar-refractivity contribution in [1.29, 1.82) is 0 Å². The highest BCUT2D eigenvalue weighted by atomic mass is 32.2. The normalized spacial score (nSPS) is 17.8. The highest BCUT2D eigenvalue weighted by Crippen LogP contribution is 2.40. The molecule has 0 saturated heterocycles. The number of sulfonamides is 1. The molecule has 0 amide bonds. The van der Waals surface area contributed by atoms with E-state index < -0.39 is 40.2 Å². The second-order valence-corrected chi connectivity index (χ2v) is 14.8. The molecule has 0 heterocycles. The van der Waals surface area contributed by atoms with Crippen molar-refractivity contribution in [2.24, 2.45) is 11.8 Å². The molecule has 2 aliphatic carbocycles. The summed E-state index contributed by atoms with van der Waals surface area (Å²) in [5.41, 5.74) is 5.87. The van der Waals surface area contributed by atoms with Gasteiger partial charge in [-0.2, -0.15) is 4.31 Å². The Morgan fingerprint density at radius 3 is 1.89 bits per heavy atom. The van der Waals surface area contributed by atoms with E-state index in [9.17, 15) is 9.90 Å². The fraction of sp³-hybridized carbons (Fsp3) is 0.486. The van der Waals surface area contributed by atoms with Crippen LogP contribution in [0.2, 0.25) is 0 Å². The summed E-state index contributed by atoms with van der Waals surface area (Å²) in [7, 11) is -4.03. The molecule has 6 nitrogen and oxygen atoms in total. The Morgan fingerprint density at radius 1 is 0.818 bits per heavy atom. The summed E-state index contributed by atoms with van der Waals surface area (Å²) in [5.74, 6) is -1.44. The SMILES string of the molecule is CC(C)[C@@H](O)[C@@H](C)C(=O)O[C@H](c1ccccc1)[C@H](C)N(Cc1ccccc1)S(=O)(=O)c1c2c(cc3c1CCCC3)CCCC2. The Morgan fingerprint density at radius 2 is 1.34 bits per heavy atom. The van der Waals surface area contributed by atoms with Gasteiger partial charge >= 0.3 is 5.97 Å². The summed E-state index contributed by atoms with van der Waals surface area (Å²) in [4.78, 5) is 14.0. The van der Waals surface area contributed by atoms with Gasteiger partial charge in [0.15, 0.2) is 0 Å². The third kappa shape index (κ3) is 6.80. The van der Waals surface area contributed by atoms with Crippen LogP contribution in [-0.4, -0.2) is 35.9 Å². The van der Waals surface area contributed by atoms with Gasteiger partial charge in [-0.3, -0.25) is 4.79 Å². The van der Waals surface area contributed by atoms with Crippen LogP contribution in [0.5, 0.6) is 0 Å². The topological polar surface area (TPSA) is 83.9 Å². The second kappa shape index (κ2) is 14.0. The smallest absolute Gasteiger partial charge is 0.311 e. The standard InChI is InChI=1S/C37H47NO5S/c1-25(2)34(39)26(3)37(40)43-35(29-17-9-6-10-18-29)27(4)38(24-28-15-7-5-8-16-28)44(41,42)36-32-21-13-11-19-30(32)23-31-20-12-14-22-33(31)36/h5-10,15-18,23,25-27,34-35,39H,11-14,19-22,24H2,1-4H3/t26-,27+,34-,35+/m1/s1. The number of hydrogen-bond acceptors (Lipinski definition) is 5. The van der Waals surface area contributed by atoms with Gasteiger partial charge in [-0.05, 0) is 105 Å². The van der Waals surface area contributed by atoms with Crippen molar-refractivity contribution in [2.75, 3.05) is 0 Å². The van der Waals surface area contributed by atoms with Crippen molar-refractivity contribution in [1.82, 2.24) is 4.31 Å². The summed E-state index contributed by atoms with van der Waals surface area (Å²) in [6.07, 6.45) is 5.66. The van der Waals surface area contributed by atoms with Crippen molar-refractivity contribution < 1.29 is 23.1 Å². The fourth-order valence-electron chi connectivity index (χ4n) is 6.91. The maximum atomic E-state index is 15.2. The number of carbonyl (C=O) groups excluding carboxylic acids is 1. The average Bonchev–Trinajstić information content (AvgIpc) is 3.04. The molecule has 1 N–H and O–H groups in total. The number of rotatable bonds is 11. The first-order chi connectivity index (χ1) is 21.1. The maximum absolute atomic E-state index is 15.2. The van der Waals surface area contributed by atoms with Crippen LogP contribution in [0.3, 0.4) is 0 Å². The Hall–Kier alpha value is -3.00. The monoisotopic (exact) mass is 617 g/mol. The van der Waals surface area contributed by atoms with Gasteiger partial charge in [-0.1, -0.05) is 80.6 Å². The van der Waals surface area contributed by atoms with Gasteiger partial charge in [-0.25, -0.2) is 8.42 Å². The first-order valence-corrected chi connectivity index (χ1v) is 17.7. The minimum Gasteiger partial charge on any atom is -0.455 e. The molecule has 236 valence electrons. The van der Waals surface area contributed by atoms with Crippen LogP contribution < -0.4 is 0 Å². The van der Waals surface area contributed by atoms with Gasteiger partial charge in [0, 0.05) is 6.54 Å². The van der Waals surface area contributed by atoms with Gasteiger partial charge in [-0.15, -0.1) is 0 Å². The highest BCUT2D eigenvalue weighted by molar-refractivity contribution is 7.89. The van der Waals surface area contributed by atoms with Crippen LogP contribution in [0.4, 0.5) is 0 Å². The Labute approximate surface area is 263 Å². The van der Waals surface area contributed by atoms with E-state index in [4.69, 9.17) is 4.74 Å². The third-order valence-corrected chi connectivity index (χ3v) is 11.6. The zero-order chi connectivity index (χ0) is 31.4. The van der Waals surface area contributed by atoms with Crippen molar-refractivity contribution >= 4 is 16.0 Å². The number of esters is 1. The van der Waals surface area contributed by atoms with Gasteiger partial charge in [0.25, 0.3) is 0 Å². The van der Waals surface area contributed by atoms with E-state index in [-0.39, 0.29) is 12.5 Å². The molecule has 4 atom stereocenters. The van der Waals surface area contributed by atoms with E-state index in [1.807, 2.05) is 81.4 Å². The summed E-state index contributed by atoms with van der Waals surface area (Å²) in [6, 6.07) is 20.6. The zero-order valence-corrected chi connectivity index (χ0v) is 27.4. The molecule has 2 aliphatic rings. The van der Waals surface area contributed by atoms with Crippen LogP contribution in [0.25, 0.3) is 0 Å². The minimum atomic E-state index is -4.03. The molecule has 3 aromatic rings. The molecule has 0 bridgehead atoms. The van der Waals surface area contributed by atoms with E-state index in [0.29, 0.717) is 10.5 Å². The number of aryl methyl sites for hydroxylation is 2.